The number of nitrogens with one attached hydrogen (secondary N) is 1. The fraction of sp³-hybridized carbons (Fsp3) is 0.143. The largest absolute Gasteiger partial charge is 0.416 e. The fourth-order valence-corrected chi connectivity index (χ4v) is 2.19. The summed E-state index contributed by atoms with van der Waals surface area (Å²) in [6, 6.07) is 7.56. The highest BCUT2D eigenvalue weighted by Gasteiger charge is 2.32. The minimum atomic E-state index is -4.56. The number of rotatable bonds is 3. The standard InChI is InChI=1S/C14H11ClF4N2/c15-10-3-1-2-8(6-10)13(21-20)11-7-9(14(17,18)19)4-5-12(11)16/h1-7,13,21H,20H2. The molecule has 2 rings (SSSR count). The van der Waals surface area contributed by atoms with Crippen LogP contribution in [-0.2, 0) is 6.18 Å². The van der Waals surface area contributed by atoms with Crippen LogP contribution in [-0.4, -0.2) is 0 Å². The minimum absolute atomic E-state index is 0.199. The van der Waals surface area contributed by atoms with Gasteiger partial charge < -0.3 is 0 Å². The van der Waals surface area contributed by atoms with Gasteiger partial charge in [-0.3, -0.25) is 5.84 Å². The van der Waals surface area contributed by atoms with Gasteiger partial charge in [0.15, 0.2) is 0 Å². The predicted octanol–water partition coefficient (Wildman–Crippen LogP) is 4.05. The Labute approximate surface area is 123 Å². The van der Waals surface area contributed by atoms with Crippen molar-refractivity contribution in [1.29, 1.82) is 0 Å². The third kappa shape index (κ3) is 3.53. The average molecular weight is 319 g/mol. The maximum atomic E-state index is 13.9. The summed E-state index contributed by atoms with van der Waals surface area (Å²) in [5.74, 6) is 4.59. The molecule has 0 saturated heterocycles. The van der Waals surface area contributed by atoms with Crippen molar-refractivity contribution in [2.75, 3.05) is 0 Å². The molecule has 0 saturated carbocycles. The van der Waals surface area contributed by atoms with E-state index in [4.69, 9.17) is 17.4 Å². The van der Waals surface area contributed by atoms with Crippen molar-refractivity contribution in [3.63, 3.8) is 0 Å². The zero-order valence-corrected chi connectivity index (χ0v) is 11.3. The molecule has 1 unspecified atom stereocenters. The van der Waals surface area contributed by atoms with Crippen LogP contribution in [0.25, 0.3) is 0 Å². The Balaban J connectivity index is 2.52. The lowest BCUT2D eigenvalue weighted by atomic mass is 9.97. The van der Waals surface area contributed by atoms with E-state index in [1.807, 2.05) is 0 Å². The van der Waals surface area contributed by atoms with Crippen molar-refractivity contribution in [3.8, 4) is 0 Å². The molecule has 112 valence electrons. The number of hydrogen-bond acceptors (Lipinski definition) is 2. The van der Waals surface area contributed by atoms with Crippen LogP contribution in [0, 0.1) is 5.82 Å². The van der Waals surface area contributed by atoms with Crippen LogP contribution in [0.4, 0.5) is 17.6 Å². The van der Waals surface area contributed by atoms with Gasteiger partial charge in [-0.25, -0.2) is 9.82 Å². The summed E-state index contributed by atoms with van der Waals surface area (Å²) in [4.78, 5) is 0. The van der Waals surface area contributed by atoms with Crippen molar-refractivity contribution in [2.24, 2.45) is 5.84 Å². The van der Waals surface area contributed by atoms with Gasteiger partial charge in [0.2, 0.25) is 0 Å². The number of halogens is 5. The molecule has 0 aliphatic heterocycles. The molecule has 7 heteroatoms. The summed E-state index contributed by atoms with van der Waals surface area (Å²) in [6.45, 7) is 0. The van der Waals surface area contributed by atoms with Gasteiger partial charge in [0.05, 0.1) is 11.6 Å². The highest BCUT2D eigenvalue weighted by atomic mass is 35.5. The maximum Gasteiger partial charge on any atom is 0.416 e. The van der Waals surface area contributed by atoms with Gasteiger partial charge in [-0.2, -0.15) is 13.2 Å². The zero-order valence-electron chi connectivity index (χ0n) is 10.6. The van der Waals surface area contributed by atoms with Crippen LogP contribution < -0.4 is 11.3 Å². The summed E-state index contributed by atoms with van der Waals surface area (Å²) < 4.78 is 52.1. The number of hydrazine groups is 1. The van der Waals surface area contributed by atoms with E-state index in [1.165, 1.54) is 6.07 Å². The molecule has 0 spiro atoms. The van der Waals surface area contributed by atoms with Crippen molar-refractivity contribution in [1.82, 2.24) is 5.43 Å². The van der Waals surface area contributed by atoms with Gasteiger partial charge >= 0.3 is 6.18 Å². The van der Waals surface area contributed by atoms with Crippen LogP contribution in [0.1, 0.15) is 22.7 Å². The third-order valence-corrected chi connectivity index (χ3v) is 3.22. The lowest BCUT2D eigenvalue weighted by molar-refractivity contribution is -0.137. The Morgan fingerprint density at radius 2 is 1.81 bits per heavy atom. The molecule has 0 heterocycles. The first kappa shape index (κ1) is 15.8. The molecule has 0 aromatic heterocycles. The normalized spacial score (nSPS) is 13.2. The first-order valence-electron chi connectivity index (χ1n) is 5.91. The Morgan fingerprint density at radius 1 is 1.10 bits per heavy atom. The van der Waals surface area contributed by atoms with Crippen LogP contribution in [0.2, 0.25) is 5.02 Å². The van der Waals surface area contributed by atoms with Crippen molar-refractivity contribution in [2.45, 2.75) is 12.2 Å². The predicted molar refractivity (Wildman–Crippen MR) is 72.0 cm³/mol. The van der Waals surface area contributed by atoms with E-state index in [0.717, 1.165) is 12.1 Å². The quantitative estimate of drug-likeness (QED) is 0.509. The first-order chi connectivity index (χ1) is 9.82. The Kier molecular flexibility index (Phi) is 4.51. The fourth-order valence-electron chi connectivity index (χ4n) is 1.99. The molecule has 21 heavy (non-hydrogen) atoms. The molecule has 2 aromatic rings. The zero-order chi connectivity index (χ0) is 15.6. The van der Waals surface area contributed by atoms with E-state index in [9.17, 15) is 17.6 Å². The van der Waals surface area contributed by atoms with Gasteiger partial charge in [0, 0.05) is 10.6 Å². The molecule has 1 atom stereocenters. The van der Waals surface area contributed by atoms with Gasteiger partial charge in [-0.1, -0.05) is 23.7 Å². The van der Waals surface area contributed by atoms with Gasteiger partial charge in [0.25, 0.3) is 0 Å². The second kappa shape index (κ2) is 6.01. The highest BCUT2D eigenvalue weighted by Crippen LogP contribution is 2.33. The first-order valence-corrected chi connectivity index (χ1v) is 6.29. The SMILES string of the molecule is NNC(c1cccc(Cl)c1)c1cc(C(F)(F)F)ccc1F. The van der Waals surface area contributed by atoms with Crippen molar-refractivity contribution in [3.05, 3.63) is 70.0 Å². The molecule has 0 aliphatic rings. The summed E-state index contributed by atoms with van der Waals surface area (Å²) in [6.07, 6.45) is -4.56. The molecule has 3 N–H and O–H groups in total. The summed E-state index contributed by atoms with van der Waals surface area (Å²) in [5, 5.41) is 0.375. The second-order valence-electron chi connectivity index (χ2n) is 4.39. The molecule has 0 amide bonds. The maximum absolute atomic E-state index is 13.9. The molecule has 2 nitrogen and oxygen atoms in total. The topological polar surface area (TPSA) is 38.0 Å². The van der Waals surface area contributed by atoms with E-state index in [0.29, 0.717) is 16.7 Å². The van der Waals surface area contributed by atoms with E-state index in [2.05, 4.69) is 5.43 Å². The van der Waals surface area contributed by atoms with Crippen molar-refractivity contribution >= 4 is 11.6 Å². The molecule has 0 bridgehead atoms. The average Bonchev–Trinajstić information content (AvgIpc) is 2.40. The van der Waals surface area contributed by atoms with Crippen LogP contribution in [0.15, 0.2) is 42.5 Å². The van der Waals surface area contributed by atoms with Crippen LogP contribution in [0.5, 0.6) is 0 Å². The smallest absolute Gasteiger partial charge is 0.271 e. The van der Waals surface area contributed by atoms with Gasteiger partial charge in [0.1, 0.15) is 5.82 Å². The third-order valence-electron chi connectivity index (χ3n) is 2.98. The van der Waals surface area contributed by atoms with Gasteiger partial charge in [-0.05, 0) is 35.9 Å². The lowest BCUT2D eigenvalue weighted by Crippen LogP contribution is -2.29. The Morgan fingerprint density at radius 3 is 2.38 bits per heavy atom. The minimum Gasteiger partial charge on any atom is -0.271 e. The van der Waals surface area contributed by atoms with Crippen LogP contribution in [0.3, 0.4) is 0 Å². The molecule has 2 aromatic carbocycles. The number of hydrogen-bond donors (Lipinski definition) is 2. The monoisotopic (exact) mass is 318 g/mol. The summed E-state index contributed by atoms with van der Waals surface area (Å²) >= 11 is 5.83. The highest BCUT2D eigenvalue weighted by molar-refractivity contribution is 6.30. The summed E-state index contributed by atoms with van der Waals surface area (Å²) in [7, 11) is 0. The lowest BCUT2D eigenvalue weighted by Gasteiger charge is -2.19. The van der Waals surface area contributed by atoms with Gasteiger partial charge in [-0.15, -0.1) is 0 Å². The van der Waals surface area contributed by atoms with E-state index in [1.54, 1.807) is 18.2 Å². The number of nitrogens with two attached hydrogens (primary N) is 1. The van der Waals surface area contributed by atoms with Crippen LogP contribution >= 0.6 is 11.6 Å². The molecular formula is C14H11ClF4N2. The van der Waals surface area contributed by atoms with Crippen molar-refractivity contribution < 1.29 is 17.6 Å². The summed E-state index contributed by atoms with van der Waals surface area (Å²) in [5.41, 5.74) is 1.63. The van der Waals surface area contributed by atoms with E-state index < -0.39 is 23.6 Å². The number of alkyl halides is 3. The van der Waals surface area contributed by atoms with E-state index >= 15 is 0 Å². The Bertz CT molecular complexity index is 643. The van der Waals surface area contributed by atoms with E-state index in [-0.39, 0.29) is 5.56 Å². The molecule has 0 aliphatic carbocycles. The Hall–Kier alpha value is -1.63. The molecule has 0 fully saturated rings. The molecule has 0 radical (unpaired) electrons. The molecular weight excluding hydrogens is 308 g/mol. The number of benzene rings is 2. The second-order valence-corrected chi connectivity index (χ2v) is 4.83.